The van der Waals surface area contributed by atoms with E-state index in [0.717, 1.165) is 0 Å². The molecule has 0 saturated heterocycles. The van der Waals surface area contributed by atoms with Gasteiger partial charge in [-0.1, -0.05) is 35.5 Å². The molecule has 0 fully saturated rings. The zero-order valence-electron chi connectivity index (χ0n) is 9.48. The molecule has 0 atom stereocenters. The second-order valence-corrected chi connectivity index (χ2v) is 3.57. The quantitative estimate of drug-likeness (QED) is 0.661. The Morgan fingerprint density at radius 2 is 1.89 bits per heavy atom. The van der Waals surface area contributed by atoms with Gasteiger partial charge in [-0.15, -0.1) is 0 Å². The van der Waals surface area contributed by atoms with Gasteiger partial charge in [-0.2, -0.15) is 0 Å². The van der Waals surface area contributed by atoms with Gasteiger partial charge in [-0.25, -0.2) is 4.79 Å². The Bertz CT molecular complexity index is 564. The van der Waals surface area contributed by atoms with Crippen LogP contribution >= 0.6 is 0 Å². The van der Waals surface area contributed by atoms with Crippen molar-refractivity contribution in [3.8, 4) is 5.75 Å². The van der Waals surface area contributed by atoms with Crippen LogP contribution in [0.2, 0.25) is 0 Å². The SMILES string of the molecule is O=C(O)c1cccc(/C=N/Oc2ccccc2)c1. The molecule has 0 saturated carbocycles. The van der Waals surface area contributed by atoms with E-state index < -0.39 is 5.97 Å². The van der Waals surface area contributed by atoms with E-state index >= 15 is 0 Å². The molecule has 0 aromatic heterocycles. The number of carboxylic acid groups (broad SMARTS) is 1. The summed E-state index contributed by atoms with van der Waals surface area (Å²) in [5.41, 5.74) is 0.893. The zero-order valence-corrected chi connectivity index (χ0v) is 9.48. The van der Waals surface area contributed by atoms with Crippen LogP contribution in [-0.4, -0.2) is 17.3 Å². The molecule has 0 spiro atoms. The third-order valence-electron chi connectivity index (χ3n) is 2.24. The van der Waals surface area contributed by atoms with Crippen LogP contribution in [0.1, 0.15) is 15.9 Å². The van der Waals surface area contributed by atoms with Gasteiger partial charge in [0.25, 0.3) is 0 Å². The van der Waals surface area contributed by atoms with Crippen molar-refractivity contribution in [3.63, 3.8) is 0 Å². The second kappa shape index (κ2) is 5.63. The Labute approximate surface area is 104 Å². The number of para-hydroxylation sites is 1. The van der Waals surface area contributed by atoms with Crippen molar-refractivity contribution in [2.75, 3.05) is 0 Å². The number of hydrogen-bond donors (Lipinski definition) is 1. The van der Waals surface area contributed by atoms with E-state index in [4.69, 9.17) is 9.94 Å². The number of oxime groups is 1. The van der Waals surface area contributed by atoms with Gasteiger partial charge >= 0.3 is 5.97 Å². The minimum atomic E-state index is -0.964. The number of nitrogens with zero attached hydrogens (tertiary/aromatic N) is 1. The number of carboxylic acids is 1. The predicted octanol–water partition coefficient (Wildman–Crippen LogP) is 2.80. The molecule has 1 N–H and O–H groups in total. The molecule has 0 radical (unpaired) electrons. The fraction of sp³-hybridized carbons (Fsp3) is 0. The molecular weight excluding hydrogens is 230 g/mol. The van der Waals surface area contributed by atoms with E-state index in [1.165, 1.54) is 18.3 Å². The molecule has 2 rings (SSSR count). The van der Waals surface area contributed by atoms with Crippen molar-refractivity contribution < 1.29 is 14.7 Å². The smallest absolute Gasteiger partial charge is 0.335 e. The lowest BCUT2D eigenvalue weighted by atomic mass is 10.1. The van der Waals surface area contributed by atoms with Crippen LogP contribution in [0.15, 0.2) is 59.8 Å². The average molecular weight is 241 g/mol. The lowest BCUT2D eigenvalue weighted by Gasteiger charge is -1.98. The lowest BCUT2D eigenvalue weighted by molar-refractivity contribution is 0.0697. The normalized spacial score (nSPS) is 10.4. The highest BCUT2D eigenvalue weighted by atomic mass is 16.6. The van der Waals surface area contributed by atoms with Gasteiger partial charge < -0.3 is 9.94 Å². The second-order valence-electron chi connectivity index (χ2n) is 3.57. The van der Waals surface area contributed by atoms with Crippen LogP contribution in [0.4, 0.5) is 0 Å². The van der Waals surface area contributed by atoms with Crippen molar-refractivity contribution >= 4 is 12.2 Å². The number of rotatable bonds is 4. The molecule has 0 aliphatic carbocycles. The zero-order chi connectivity index (χ0) is 12.8. The summed E-state index contributed by atoms with van der Waals surface area (Å²) in [5, 5.41) is 12.6. The van der Waals surface area contributed by atoms with Crippen LogP contribution in [0.3, 0.4) is 0 Å². The first-order valence-electron chi connectivity index (χ1n) is 5.34. The Morgan fingerprint density at radius 1 is 1.11 bits per heavy atom. The molecule has 2 aromatic rings. The Balaban J connectivity index is 2.05. The molecule has 90 valence electrons. The first kappa shape index (κ1) is 11.9. The summed E-state index contributed by atoms with van der Waals surface area (Å²) in [6.45, 7) is 0. The van der Waals surface area contributed by atoms with E-state index in [2.05, 4.69) is 5.16 Å². The third-order valence-corrected chi connectivity index (χ3v) is 2.24. The predicted molar refractivity (Wildman–Crippen MR) is 68.1 cm³/mol. The monoisotopic (exact) mass is 241 g/mol. The highest BCUT2D eigenvalue weighted by Gasteiger charge is 2.01. The minimum absolute atomic E-state index is 0.221. The van der Waals surface area contributed by atoms with Gasteiger partial charge in [0.05, 0.1) is 11.8 Å². The highest BCUT2D eigenvalue weighted by Crippen LogP contribution is 2.08. The summed E-state index contributed by atoms with van der Waals surface area (Å²) in [6, 6.07) is 15.6. The molecule has 18 heavy (non-hydrogen) atoms. The van der Waals surface area contributed by atoms with Gasteiger partial charge in [0, 0.05) is 0 Å². The Morgan fingerprint density at radius 3 is 2.61 bits per heavy atom. The van der Waals surface area contributed by atoms with E-state index in [-0.39, 0.29) is 5.56 Å². The Hall–Kier alpha value is -2.62. The highest BCUT2D eigenvalue weighted by molar-refractivity contribution is 5.90. The summed E-state index contributed by atoms with van der Waals surface area (Å²) < 4.78 is 0. The third kappa shape index (κ3) is 3.18. The molecule has 0 bridgehead atoms. The van der Waals surface area contributed by atoms with E-state index in [0.29, 0.717) is 11.3 Å². The average Bonchev–Trinajstić information content (AvgIpc) is 2.40. The first-order chi connectivity index (χ1) is 8.75. The van der Waals surface area contributed by atoms with Crippen LogP contribution in [0, 0.1) is 0 Å². The molecule has 0 unspecified atom stereocenters. The van der Waals surface area contributed by atoms with Crippen molar-refractivity contribution in [1.82, 2.24) is 0 Å². The molecule has 2 aromatic carbocycles. The Kier molecular flexibility index (Phi) is 3.71. The van der Waals surface area contributed by atoms with Crippen molar-refractivity contribution in [2.24, 2.45) is 5.16 Å². The van der Waals surface area contributed by atoms with Crippen LogP contribution in [-0.2, 0) is 0 Å². The van der Waals surface area contributed by atoms with Crippen LogP contribution in [0.25, 0.3) is 0 Å². The van der Waals surface area contributed by atoms with Crippen molar-refractivity contribution in [2.45, 2.75) is 0 Å². The fourth-order valence-electron chi connectivity index (χ4n) is 1.38. The maximum Gasteiger partial charge on any atom is 0.335 e. The molecule has 0 aliphatic heterocycles. The van der Waals surface area contributed by atoms with Gasteiger partial charge in [-0.05, 0) is 29.8 Å². The largest absolute Gasteiger partial charge is 0.478 e. The fourth-order valence-corrected chi connectivity index (χ4v) is 1.38. The van der Waals surface area contributed by atoms with Gasteiger partial charge in [-0.3, -0.25) is 0 Å². The molecule has 4 heteroatoms. The molecular formula is C14H11NO3. The summed E-state index contributed by atoms with van der Waals surface area (Å²) in [6.07, 6.45) is 1.47. The number of carbonyl (C=O) groups is 1. The maximum atomic E-state index is 10.8. The van der Waals surface area contributed by atoms with Gasteiger partial charge in [0.15, 0.2) is 5.75 Å². The van der Waals surface area contributed by atoms with Crippen LogP contribution < -0.4 is 4.84 Å². The van der Waals surface area contributed by atoms with E-state index in [1.807, 2.05) is 18.2 Å². The number of hydrogen-bond acceptors (Lipinski definition) is 3. The van der Waals surface area contributed by atoms with E-state index in [9.17, 15) is 4.79 Å². The van der Waals surface area contributed by atoms with Gasteiger partial charge in [0.2, 0.25) is 0 Å². The minimum Gasteiger partial charge on any atom is -0.478 e. The molecule has 0 heterocycles. The van der Waals surface area contributed by atoms with Crippen molar-refractivity contribution in [1.29, 1.82) is 0 Å². The van der Waals surface area contributed by atoms with E-state index in [1.54, 1.807) is 24.3 Å². The maximum absolute atomic E-state index is 10.8. The van der Waals surface area contributed by atoms with Crippen LogP contribution in [0.5, 0.6) is 5.75 Å². The topological polar surface area (TPSA) is 58.9 Å². The summed E-state index contributed by atoms with van der Waals surface area (Å²) in [7, 11) is 0. The summed E-state index contributed by atoms with van der Waals surface area (Å²) in [5.74, 6) is -0.336. The summed E-state index contributed by atoms with van der Waals surface area (Å²) >= 11 is 0. The number of benzene rings is 2. The van der Waals surface area contributed by atoms with Crippen molar-refractivity contribution in [3.05, 3.63) is 65.7 Å². The first-order valence-corrected chi connectivity index (χ1v) is 5.34. The molecule has 0 amide bonds. The lowest BCUT2D eigenvalue weighted by Crippen LogP contribution is -1.97. The van der Waals surface area contributed by atoms with Gasteiger partial charge in [0.1, 0.15) is 0 Å². The molecule has 0 aliphatic rings. The summed E-state index contributed by atoms with van der Waals surface area (Å²) in [4.78, 5) is 15.9. The standard InChI is InChI=1S/C14H11NO3/c16-14(17)12-6-4-5-11(9-12)10-15-18-13-7-2-1-3-8-13/h1-10H,(H,16,17)/b15-10+. The number of aromatic carboxylic acids is 1. The molecule has 4 nitrogen and oxygen atoms in total.